The number of amides is 1. The molecular formula is C13H17FN2O. The van der Waals surface area contributed by atoms with Crippen LogP contribution in [-0.4, -0.2) is 12.5 Å². The smallest absolute Gasteiger partial charge is 0.244 e. The van der Waals surface area contributed by atoms with Crippen molar-refractivity contribution in [2.45, 2.75) is 13.8 Å². The third-order valence-electron chi connectivity index (χ3n) is 2.13. The molecule has 1 aromatic carbocycles. The van der Waals surface area contributed by atoms with Gasteiger partial charge in [0.25, 0.3) is 0 Å². The molecule has 0 saturated carbocycles. The topological polar surface area (TPSA) is 55.1 Å². The predicted molar refractivity (Wildman–Crippen MR) is 67.7 cm³/mol. The average molecular weight is 236 g/mol. The molecule has 0 aliphatic carbocycles. The minimum atomic E-state index is -0.452. The number of nitrogens with two attached hydrogens (primary N) is 1. The summed E-state index contributed by atoms with van der Waals surface area (Å²) in [4.78, 5) is 11.4. The van der Waals surface area contributed by atoms with Crippen LogP contribution in [0.1, 0.15) is 19.4 Å². The molecule has 0 aliphatic rings. The summed E-state index contributed by atoms with van der Waals surface area (Å²) in [6, 6.07) is 4.33. The summed E-state index contributed by atoms with van der Waals surface area (Å²) in [5.41, 5.74) is 6.19. The van der Waals surface area contributed by atoms with Gasteiger partial charge in [-0.05, 0) is 29.7 Å². The third kappa shape index (κ3) is 4.68. The summed E-state index contributed by atoms with van der Waals surface area (Å²) in [7, 11) is 0. The van der Waals surface area contributed by atoms with E-state index in [1.165, 1.54) is 18.2 Å². The predicted octanol–water partition coefficient (Wildman–Crippen LogP) is 2.19. The van der Waals surface area contributed by atoms with Gasteiger partial charge in [0.2, 0.25) is 5.91 Å². The summed E-state index contributed by atoms with van der Waals surface area (Å²) in [6.45, 7) is 4.67. The molecule has 3 N–H and O–H groups in total. The number of carbonyl (C=O) groups excluding carboxylic acids is 1. The highest BCUT2D eigenvalue weighted by Gasteiger charge is 1.99. The van der Waals surface area contributed by atoms with Crippen molar-refractivity contribution in [3.63, 3.8) is 0 Å². The third-order valence-corrected chi connectivity index (χ3v) is 2.13. The van der Waals surface area contributed by atoms with E-state index >= 15 is 0 Å². The quantitative estimate of drug-likeness (QED) is 0.622. The molecule has 0 aromatic heterocycles. The molecule has 1 amide bonds. The number of anilines is 1. The van der Waals surface area contributed by atoms with Crippen LogP contribution in [0.3, 0.4) is 0 Å². The lowest BCUT2D eigenvalue weighted by Gasteiger charge is -2.04. The van der Waals surface area contributed by atoms with E-state index in [-0.39, 0.29) is 11.6 Å². The van der Waals surface area contributed by atoms with Crippen molar-refractivity contribution < 1.29 is 9.18 Å². The molecule has 0 radical (unpaired) electrons. The second-order valence-corrected chi connectivity index (χ2v) is 4.25. The van der Waals surface area contributed by atoms with Crippen molar-refractivity contribution in [2.24, 2.45) is 5.92 Å². The molecule has 0 unspecified atom stereocenters. The molecule has 0 atom stereocenters. The van der Waals surface area contributed by atoms with Crippen LogP contribution < -0.4 is 11.1 Å². The first-order chi connectivity index (χ1) is 7.99. The van der Waals surface area contributed by atoms with E-state index in [0.29, 0.717) is 18.0 Å². The average Bonchev–Trinajstić information content (AvgIpc) is 2.28. The molecule has 3 nitrogen and oxygen atoms in total. The van der Waals surface area contributed by atoms with Gasteiger partial charge < -0.3 is 11.1 Å². The van der Waals surface area contributed by atoms with Crippen LogP contribution in [0.25, 0.3) is 6.08 Å². The Bertz CT molecular complexity index is 427. The van der Waals surface area contributed by atoms with Crippen molar-refractivity contribution >= 4 is 17.7 Å². The van der Waals surface area contributed by atoms with Gasteiger partial charge in [-0.15, -0.1) is 0 Å². The van der Waals surface area contributed by atoms with E-state index in [9.17, 15) is 9.18 Å². The molecule has 0 bridgehead atoms. The summed E-state index contributed by atoms with van der Waals surface area (Å²) in [5.74, 6) is -0.207. The van der Waals surface area contributed by atoms with Gasteiger partial charge in [-0.2, -0.15) is 0 Å². The summed E-state index contributed by atoms with van der Waals surface area (Å²) in [6.07, 6.45) is 3.01. The maximum absolute atomic E-state index is 12.9. The number of hydrogen-bond donors (Lipinski definition) is 2. The normalized spacial score (nSPS) is 11.1. The SMILES string of the molecule is CC(C)CNC(=O)/C=C/c1ccc(F)c(N)c1. The van der Waals surface area contributed by atoms with E-state index in [1.807, 2.05) is 13.8 Å². The van der Waals surface area contributed by atoms with Crippen LogP contribution in [0.4, 0.5) is 10.1 Å². The molecule has 1 rings (SSSR count). The number of carbonyl (C=O) groups is 1. The Balaban J connectivity index is 2.58. The number of halogens is 1. The number of hydrogen-bond acceptors (Lipinski definition) is 2. The van der Waals surface area contributed by atoms with Crippen LogP contribution in [0.5, 0.6) is 0 Å². The number of rotatable bonds is 4. The maximum Gasteiger partial charge on any atom is 0.244 e. The molecule has 4 heteroatoms. The molecule has 0 aliphatic heterocycles. The molecule has 17 heavy (non-hydrogen) atoms. The highest BCUT2D eigenvalue weighted by Crippen LogP contribution is 2.13. The van der Waals surface area contributed by atoms with Crippen molar-refractivity contribution in [1.82, 2.24) is 5.32 Å². The lowest BCUT2D eigenvalue weighted by molar-refractivity contribution is -0.116. The van der Waals surface area contributed by atoms with Crippen molar-refractivity contribution in [1.29, 1.82) is 0 Å². The Kier molecular flexibility index (Phi) is 4.69. The van der Waals surface area contributed by atoms with E-state index in [2.05, 4.69) is 5.32 Å². The number of nitrogens with one attached hydrogen (secondary N) is 1. The van der Waals surface area contributed by atoms with Gasteiger partial charge in [0.05, 0.1) is 5.69 Å². The van der Waals surface area contributed by atoms with Crippen LogP contribution >= 0.6 is 0 Å². The van der Waals surface area contributed by atoms with Crippen LogP contribution in [-0.2, 0) is 4.79 Å². The molecule has 0 heterocycles. The molecule has 1 aromatic rings. The van der Waals surface area contributed by atoms with Gasteiger partial charge in [-0.3, -0.25) is 4.79 Å². The number of nitrogen functional groups attached to an aromatic ring is 1. The largest absolute Gasteiger partial charge is 0.396 e. The Morgan fingerprint density at radius 1 is 1.53 bits per heavy atom. The highest BCUT2D eigenvalue weighted by molar-refractivity contribution is 5.91. The number of benzene rings is 1. The Hall–Kier alpha value is -1.84. The molecule has 0 spiro atoms. The lowest BCUT2D eigenvalue weighted by atomic mass is 10.2. The van der Waals surface area contributed by atoms with Crippen LogP contribution in [0.15, 0.2) is 24.3 Å². The molecule has 92 valence electrons. The zero-order chi connectivity index (χ0) is 12.8. The summed E-state index contributed by atoms with van der Waals surface area (Å²) >= 11 is 0. The van der Waals surface area contributed by atoms with Crippen molar-refractivity contribution in [2.75, 3.05) is 12.3 Å². The minimum absolute atomic E-state index is 0.0785. The second kappa shape index (κ2) is 6.03. The second-order valence-electron chi connectivity index (χ2n) is 4.25. The molecule has 0 fully saturated rings. The first kappa shape index (κ1) is 13.2. The monoisotopic (exact) mass is 236 g/mol. The zero-order valence-corrected chi connectivity index (χ0v) is 10.0. The maximum atomic E-state index is 12.9. The van der Waals surface area contributed by atoms with Gasteiger partial charge >= 0.3 is 0 Å². The zero-order valence-electron chi connectivity index (χ0n) is 10.0. The lowest BCUT2D eigenvalue weighted by Crippen LogP contribution is -2.25. The molecule has 0 saturated heterocycles. The van der Waals surface area contributed by atoms with Crippen molar-refractivity contribution in [3.05, 3.63) is 35.7 Å². The van der Waals surface area contributed by atoms with E-state index in [1.54, 1.807) is 12.1 Å². The fourth-order valence-corrected chi connectivity index (χ4v) is 1.20. The van der Waals surface area contributed by atoms with Gasteiger partial charge in [-0.1, -0.05) is 19.9 Å². The minimum Gasteiger partial charge on any atom is -0.396 e. The van der Waals surface area contributed by atoms with Gasteiger partial charge in [-0.25, -0.2) is 4.39 Å². The Morgan fingerprint density at radius 2 is 2.24 bits per heavy atom. The molecular weight excluding hydrogens is 219 g/mol. The van der Waals surface area contributed by atoms with Gasteiger partial charge in [0, 0.05) is 12.6 Å². The van der Waals surface area contributed by atoms with Gasteiger partial charge in [0.1, 0.15) is 5.82 Å². The first-order valence-electron chi connectivity index (χ1n) is 5.50. The van der Waals surface area contributed by atoms with Crippen LogP contribution in [0.2, 0.25) is 0 Å². The van der Waals surface area contributed by atoms with Crippen LogP contribution in [0, 0.1) is 11.7 Å². The summed E-state index contributed by atoms with van der Waals surface area (Å²) in [5, 5.41) is 2.75. The van der Waals surface area contributed by atoms with E-state index < -0.39 is 5.82 Å². The van der Waals surface area contributed by atoms with E-state index in [0.717, 1.165) is 0 Å². The highest BCUT2D eigenvalue weighted by atomic mass is 19.1. The Morgan fingerprint density at radius 3 is 2.82 bits per heavy atom. The fourth-order valence-electron chi connectivity index (χ4n) is 1.20. The first-order valence-corrected chi connectivity index (χ1v) is 5.50. The van der Waals surface area contributed by atoms with E-state index in [4.69, 9.17) is 5.73 Å². The summed E-state index contributed by atoms with van der Waals surface area (Å²) < 4.78 is 12.9. The van der Waals surface area contributed by atoms with Crippen molar-refractivity contribution in [3.8, 4) is 0 Å². The standard InChI is InChI=1S/C13H17FN2O/c1-9(2)8-16-13(17)6-4-10-3-5-11(14)12(15)7-10/h3-7,9H,8,15H2,1-2H3,(H,16,17)/b6-4+. The Labute approximate surface area is 101 Å². The van der Waals surface area contributed by atoms with Gasteiger partial charge in [0.15, 0.2) is 0 Å². The fraction of sp³-hybridized carbons (Fsp3) is 0.308.